The van der Waals surface area contributed by atoms with Gasteiger partial charge in [0.1, 0.15) is 17.8 Å². The van der Waals surface area contributed by atoms with Crippen LogP contribution < -0.4 is 16.4 Å². The number of thiol groups is 1. The van der Waals surface area contributed by atoms with E-state index in [1.165, 1.54) is 24.3 Å². The number of benzene rings is 1. The minimum atomic E-state index is -1.32. The van der Waals surface area contributed by atoms with Crippen molar-refractivity contribution in [2.24, 2.45) is 5.73 Å². The molecule has 0 bridgehead atoms. The molecule has 0 aliphatic carbocycles. The van der Waals surface area contributed by atoms with Crippen LogP contribution in [0.25, 0.3) is 0 Å². The fourth-order valence-electron chi connectivity index (χ4n) is 2.24. The number of hydrogen-bond acceptors (Lipinski definition) is 7. The van der Waals surface area contributed by atoms with Crippen molar-refractivity contribution >= 4 is 36.4 Å². The van der Waals surface area contributed by atoms with Gasteiger partial charge < -0.3 is 31.7 Å². The summed E-state index contributed by atoms with van der Waals surface area (Å²) < 4.78 is 0. The standard InChI is InChI=1S/C17H23N3O7S/c18-11(8-28)15(24)19-12(5-6-14(22)23)16(25)20-13(17(26)27)7-9-1-3-10(21)4-2-9/h1-4,11-13,21,28H,5-8,18H2,(H,19,24)(H,20,25)(H,22,23)(H,26,27). The summed E-state index contributed by atoms with van der Waals surface area (Å²) in [5.74, 6) is -4.01. The van der Waals surface area contributed by atoms with Crippen LogP contribution in [0.3, 0.4) is 0 Å². The minimum absolute atomic E-state index is 0.0108. The number of aromatic hydroxyl groups is 1. The zero-order valence-electron chi connectivity index (χ0n) is 14.9. The first-order valence-electron chi connectivity index (χ1n) is 8.33. The van der Waals surface area contributed by atoms with Crippen LogP contribution in [0.4, 0.5) is 0 Å². The average molecular weight is 413 g/mol. The van der Waals surface area contributed by atoms with Crippen molar-refractivity contribution in [2.75, 3.05) is 5.75 Å². The molecule has 0 saturated heterocycles. The molecule has 0 aromatic heterocycles. The molecule has 0 fully saturated rings. The molecular formula is C17H23N3O7S. The number of nitrogens with two attached hydrogens (primary N) is 1. The lowest BCUT2D eigenvalue weighted by Gasteiger charge is -2.22. The Hall–Kier alpha value is -2.79. The quantitative estimate of drug-likeness (QED) is 0.228. The summed E-state index contributed by atoms with van der Waals surface area (Å²) in [5, 5.41) is 32.1. The Bertz CT molecular complexity index is 711. The summed E-state index contributed by atoms with van der Waals surface area (Å²) in [7, 11) is 0. The predicted molar refractivity (Wildman–Crippen MR) is 102 cm³/mol. The SMILES string of the molecule is NC(CS)C(=O)NC(CCC(=O)O)C(=O)NC(Cc1ccc(O)cc1)C(=O)O. The Labute approximate surface area is 166 Å². The highest BCUT2D eigenvalue weighted by Crippen LogP contribution is 2.12. The van der Waals surface area contributed by atoms with Gasteiger partial charge in [0.25, 0.3) is 0 Å². The molecule has 3 unspecified atom stereocenters. The van der Waals surface area contributed by atoms with Gasteiger partial charge in [-0.2, -0.15) is 12.6 Å². The molecule has 0 aliphatic heterocycles. The van der Waals surface area contributed by atoms with Gasteiger partial charge >= 0.3 is 11.9 Å². The number of carboxylic acid groups (broad SMARTS) is 2. The van der Waals surface area contributed by atoms with E-state index in [1.54, 1.807) is 0 Å². The molecule has 3 atom stereocenters. The van der Waals surface area contributed by atoms with E-state index in [9.17, 15) is 29.4 Å². The molecule has 0 spiro atoms. The topological polar surface area (TPSA) is 179 Å². The Morgan fingerprint density at radius 2 is 1.57 bits per heavy atom. The van der Waals surface area contributed by atoms with E-state index in [1.807, 2.05) is 0 Å². The van der Waals surface area contributed by atoms with Crippen LogP contribution in [0.5, 0.6) is 5.75 Å². The molecule has 0 aliphatic rings. The van der Waals surface area contributed by atoms with Crippen molar-refractivity contribution < 1.29 is 34.5 Å². The van der Waals surface area contributed by atoms with E-state index in [0.717, 1.165) is 0 Å². The van der Waals surface area contributed by atoms with Gasteiger partial charge in [-0.25, -0.2) is 4.79 Å². The van der Waals surface area contributed by atoms with Gasteiger partial charge in [-0.15, -0.1) is 0 Å². The number of rotatable bonds is 11. The Morgan fingerprint density at radius 3 is 2.07 bits per heavy atom. The van der Waals surface area contributed by atoms with Gasteiger partial charge in [0.2, 0.25) is 11.8 Å². The van der Waals surface area contributed by atoms with E-state index in [-0.39, 0.29) is 24.3 Å². The van der Waals surface area contributed by atoms with Gasteiger partial charge in [-0.05, 0) is 24.1 Å². The van der Waals surface area contributed by atoms with Crippen LogP contribution in [-0.2, 0) is 25.6 Å². The van der Waals surface area contributed by atoms with E-state index >= 15 is 0 Å². The number of hydrogen-bond donors (Lipinski definition) is 7. The monoisotopic (exact) mass is 413 g/mol. The van der Waals surface area contributed by atoms with Gasteiger partial charge in [0.05, 0.1) is 6.04 Å². The molecule has 28 heavy (non-hydrogen) atoms. The summed E-state index contributed by atoms with van der Waals surface area (Å²) >= 11 is 3.88. The van der Waals surface area contributed by atoms with Crippen LogP contribution in [0, 0.1) is 0 Å². The van der Waals surface area contributed by atoms with E-state index < -0.39 is 48.3 Å². The summed E-state index contributed by atoms with van der Waals surface area (Å²) in [4.78, 5) is 46.7. The molecule has 0 heterocycles. The number of carbonyl (C=O) groups is 4. The van der Waals surface area contributed by atoms with Gasteiger partial charge in [-0.3, -0.25) is 14.4 Å². The zero-order chi connectivity index (χ0) is 21.3. The largest absolute Gasteiger partial charge is 0.508 e. The van der Waals surface area contributed by atoms with Crippen molar-refractivity contribution in [3.05, 3.63) is 29.8 Å². The van der Waals surface area contributed by atoms with Gasteiger partial charge in [-0.1, -0.05) is 12.1 Å². The molecule has 10 nitrogen and oxygen atoms in total. The highest BCUT2D eigenvalue weighted by atomic mass is 32.1. The summed E-state index contributed by atoms with van der Waals surface area (Å²) in [6, 6.07) is 2.18. The molecule has 0 saturated carbocycles. The highest BCUT2D eigenvalue weighted by molar-refractivity contribution is 7.80. The third-order valence-electron chi connectivity index (χ3n) is 3.80. The zero-order valence-corrected chi connectivity index (χ0v) is 15.8. The maximum absolute atomic E-state index is 12.5. The smallest absolute Gasteiger partial charge is 0.326 e. The van der Waals surface area contributed by atoms with Crippen molar-refractivity contribution in [2.45, 2.75) is 37.4 Å². The van der Waals surface area contributed by atoms with Crippen LogP contribution in [-0.4, -0.2) is 63.0 Å². The van der Waals surface area contributed by atoms with Crippen LogP contribution in [0.15, 0.2) is 24.3 Å². The lowest BCUT2D eigenvalue weighted by Crippen LogP contribution is -2.55. The molecule has 1 rings (SSSR count). The molecule has 1 aromatic carbocycles. The molecule has 11 heteroatoms. The molecule has 7 N–H and O–H groups in total. The van der Waals surface area contributed by atoms with Crippen molar-refractivity contribution in [1.82, 2.24) is 10.6 Å². The van der Waals surface area contributed by atoms with E-state index in [4.69, 9.17) is 10.8 Å². The molecule has 2 amide bonds. The second-order valence-electron chi connectivity index (χ2n) is 6.05. The lowest BCUT2D eigenvalue weighted by molar-refractivity contribution is -0.143. The number of carbonyl (C=O) groups excluding carboxylic acids is 2. The third kappa shape index (κ3) is 7.84. The van der Waals surface area contributed by atoms with E-state index in [0.29, 0.717) is 5.56 Å². The number of phenols is 1. The maximum atomic E-state index is 12.5. The van der Waals surface area contributed by atoms with Gasteiger partial charge in [0, 0.05) is 18.6 Å². The molecule has 1 aromatic rings. The number of carboxylic acids is 2. The number of phenolic OH excluding ortho intramolecular Hbond substituents is 1. The Balaban J connectivity index is 2.87. The summed E-state index contributed by atoms with van der Waals surface area (Å²) in [6.45, 7) is 0. The average Bonchev–Trinajstić information content (AvgIpc) is 2.64. The van der Waals surface area contributed by atoms with Gasteiger partial charge in [0.15, 0.2) is 0 Å². The molecule has 154 valence electrons. The number of amides is 2. The van der Waals surface area contributed by atoms with E-state index in [2.05, 4.69) is 23.3 Å². The third-order valence-corrected chi connectivity index (χ3v) is 4.20. The first-order valence-corrected chi connectivity index (χ1v) is 8.97. The minimum Gasteiger partial charge on any atom is -0.508 e. The van der Waals surface area contributed by atoms with Crippen molar-refractivity contribution in [3.8, 4) is 5.75 Å². The maximum Gasteiger partial charge on any atom is 0.326 e. The number of nitrogens with one attached hydrogen (secondary N) is 2. The predicted octanol–water partition coefficient (Wildman–Crippen LogP) is -0.889. The second kappa shape index (κ2) is 11.1. The van der Waals surface area contributed by atoms with Crippen LogP contribution >= 0.6 is 12.6 Å². The summed E-state index contributed by atoms with van der Waals surface area (Å²) in [5.41, 5.74) is 6.08. The molecular weight excluding hydrogens is 390 g/mol. The normalized spacial score (nSPS) is 13.8. The lowest BCUT2D eigenvalue weighted by atomic mass is 10.0. The van der Waals surface area contributed by atoms with Crippen LogP contribution in [0.1, 0.15) is 18.4 Å². The Kier molecular flexibility index (Phi) is 9.25. The first kappa shape index (κ1) is 23.2. The van der Waals surface area contributed by atoms with Crippen LogP contribution in [0.2, 0.25) is 0 Å². The first-order chi connectivity index (χ1) is 13.1. The highest BCUT2D eigenvalue weighted by Gasteiger charge is 2.28. The summed E-state index contributed by atoms with van der Waals surface area (Å²) in [6.07, 6.45) is -0.723. The van der Waals surface area contributed by atoms with Crippen molar-refractivity contribution in [3.63, 3.8) is 0 Å². The second-order valence-corrected chi connectivity index (χ2v) is 6.42. The fourth-order valence-corrected chi connectivity index (χ4v) is 2.40. The number of aliphatic carboxylic acids is 2. The fraction of sp³-hybridized carbons (Fsp3) is 0.412. The Morgan fingerprint density at radius 1 is 1.00 bits per heavy atom. The van der Waals surface area contributed by atoms with Crippen molar-refractivity contribution in [1.29, 1.82) is 0 Å². The molecule has 0 radical (unpaired) electrons.